The van der Waals surface area contributed by atoms with Crippen molar-refractivity contribution in [2.45, 2.75) is 6.92 Å². The second-order valence-electron chi connectivity index (χ2n) is 6.90. The number of thioether (sulfide) groups is 1. The Labute approximate surface area is 196 Å². The maximum atomic E-state index is 12.6. The summed E-state index contributed by atoms with van der Waals surface area (Å²) in [6, 6.07) is 14.2. The number of aliphatic imine (C=N–C) groups is 1. The van der Waals surface area contributed by atoms with Gasteiger partial charge in [0, 0.05) is 5.56 Å². The second-order valence-corrected chi connectivity index (χ2v) is 8.81. The maximum Gasteiger partial charge on any atom is 0.338 e. The number of thiophene rings is 1. The van der Waals surface area contributed by atoms with E-state index in [1.165, 1.54) is 34.2 Å². The highest BCUT2D eigenvalue weighted by Gasteiger charge is 2.36. The smallest absolute Gasteiger partial charge is 0.338 e. The molecule has 2 aromatic heterocycles. The van der Waals surface area contributed by atoms with Gasteiger partial charge >= 0.3 is 5.97 Å². The first-order chi connectivity index (χ1) is 16.0. The summed E-state index contributed by atoms with van der Waals surface area (Å²) in [5, 5.41) is 17.3. The molecule has 0 saturated heterocycles. The van der Waals surface area contributed by atoms with Gasteiger partial charge in [0.15, 0.2) is 5.84 Å². The zero-order chi connectivity index (χ0) is 22.9. The number of nitrogens with zero attached hydrogens (tertiary/aromatic N) is 3. The number of furan rings is 1. The summed E-state index contributed by atoms with van der Waals surface area (Å²) in [5.41, 5.74) is 1.31. The summed E-state index contributed by atoms with van der Waals surface area (Å²) in [6.45, 7) is 2.07. The third-order valence-corrected chi connectivity index (χ3v) is 6.73. The van der Waals surface area contributed by atoms with Crippen molar-refractivity contribution in [3.8, 4) is 11.3 Å². The molecular formula is C23H16N4O4S2. The highest BCUT2D eigenvalue weighted by Crippen LogP contribution is 2.32. The lowest BCUT2D eigenvalue weighted by atomic mass is 10.1. The zero-order valence-electron chi connectivity index (χ0n) is 17.3. The van der Waals surface area contributed by atoms with Crippen molar-refractivity contribution in [3.63, 3.8) is 0 Å². The van der Waals surface area contributed by atoms with Crippen molar-refractivity contribution < 1.29 is 18.7 Å². The van der Waals surface area contributed by atoms with Crippen LogP contribution in [0.3, 0.4) is 0 Å². The predicted octanol–water partition coefficient (Wildman–Crippen LogP) is 4.85. The van der Waals surface area contributed by atoms with Crippen LogP contribution in [0.4, 0.5) is 0 Å². The minimum absolute atomic E-state index is 0.0548. The SMILES string of the molecule is CCOC(=O)c1ccc(-c2ccc(/C=C3/C(=N)N4N=C(c5cccs5)SC4=NC3=O)o2)cc1. The van der Waals surface area contributed by atoms with Crippen molar-refractivity contribution >= 4 is 57.1 Å². The molecule has 10 heteroatoms. The lowest BCUT2D eigenvalue weighted by Crippen LogP contribution is -2.35. The number of esters is 1. The Morgan fingerprint density at radius 1 is 1.21 bits per heavy atom. The quantitative estimate of drug-likeness (QED) is 0.416. The van der Waals surface area contributed by atoms with E-state index in [1.54, 1.807) is 43.3 Å². The van der Waals surface area contributed by atoms with Gasteiger partial charge < -0.3 is 9.15 Å². The topological polar surface area (TPSA) is 108 Å². The summed E-state index contributed by atoms with van der Waals surface area (Å²) in [4.78, 5) is 29.5. The first kappa shape index (κ1) is 21.1. The van der Waals surface area contributed by atoms with Gasteiger partial charge in [0.2, 0.25) is 5.17 Å². The Balaban J connectivity index is 1.38. The van der Waals surface area contributed by atoms with Crippen LogP contribution in [-0.2, 0) is 9.53 Å². The van der Waals surface area contributed by atoms with Gasteiger partial charge in [-0.3, -0.25) is 10.2 Å². The number of carbonyl (C=O) groups excluding carboxylic acids is 2. The third-order valence-electron chi connectivity index (χ3n) is 4.78. The van der Waals surface area contributed by atoms with Crippen molar-refractivity contribution in [2.75, 3.05) is 6.61 Å². The number of benzene rings is 1. The molecule has 0 atom stereocenters. The molecule has 33 heavy (non-hydrogen) atoms. The third kappa shape index (κ3) is 4.06. The number of carbonyl (C=O) groups is 2. The molecule has 0 unspecified atom stereocenters. The molecule has 0 spiro atoms. The summed E-state index contributed by atoms with van der Waals surface area (Å²) >= 11 is 2.80. The molecule has 0 fully saturated rings. The summed E-state index contributed by atoms with van der Waals surface area (Å²) in [7, 11) is 0. The van der Waals surface area contributed by atoms with Gasteiger partial charge in [-0.25, -0.2) is 4.79 Å². The number of nitrogens with one attached hydrogen (secondary N) is 1. The highest BCUT2D eigenvalue weighted by atomic mass is 32.2. The largest absolute Gasteiger partial charge is 0.462 e. The van der Waals surface area contributed by atoms with Crippen molar-refractivity contribution in [1.29, 1.82) is 5.41 Å². The van der Waals surface area contributed by atoms with Gasteiger partial charge in [0.25, 0.3) is 5.91 Å². The molecule has 2 aliphatic rings. The first-order valence-corrected chi connectivity index (χ1v) is 11.6. The van der Waals surface area contributed by atoms with E-state index < -0.39 is 5.91 Å². The fraction of sp³-hybridized carbons (Fsp3) is 0.0870. The Hall–Kier alpha value is -3.76. The molecule has 0 aliphatic carbocycles. The average molecular weight is 477 g/mol. The Bertz CT molecular complexity index is 1350. The molecule has 8 nitrogen and oxygen atoms in total. The van der Waals surface area contributed by atoms with E-state index in [-0.39, 0.29) is 17.4 Å². The number of amides is 1. The number of ether oxygens (including phenoxy) is 1. The van der Waals surface area contributed by atoms with E-state index in [0.717, 1.165) is 10.4 Å². The molecule has 0 saturated carbocycles. The van der Waals surface area contributed by atoms with Gasteiger partial charge in [0.05, 0.1) is 22.6 Å². The average Bonchev–Trinajstić information content (AvgIpc) is 3.57. The molecule has 164 valence electrons. The predicted molar refractivity (Wildman–Crippen MR) is 129 cm³/mol. The van der Waals surface area contributed by atoms with Crippen LogP contribution in [0.25, 0.3) is 17.4 Å². The van der Waals surface area contributed by atoms with Crippen molar-refractivity contribution in [1.82, 2.24) is 5.01 Å². The molecule has 0 radical (unpaired) electrons. The maximum absolute atomic E-state index is 12.6. The molecule has 2 aliphatic heterocycles. The van der Waals surface area contributed by atoms with Gasteiger partial charge in [-0.15, -0.1) is 11.3 Å². The fourth-order valence-electron chi connectivity index (χ4n) is 3.20. The van der Waals surface area contributed by atoms with Crippen LogP contribution in [0.15, 0.2) is 74.0 Å². The lowest BCUT2D eigenvalue weighted by molar-refractivity contribution is -0.114. The van der Waals surface area contributed by atoms with Crippen LogP contribution in [0.2, 0.25) is 0 Å². The fourth-order valence-corrected chi connectivity index (χ4v) is 4.89. The van der Waals surface area contributed by atoms with Gasteiger partial charge in [-0.05, 0) is 60.5 Å². The molecule has 3 aromatic rings. The molecule has 5 rings (SSSR count). The lowest BCUT2D eigenvalue weighted by Gasteiger charge is -2.19. The van der Waals surface area contributed by atoms with Crippen molar-refractivity contribution in [2.24, 2.45) is 10.1 Å². The van der Waals surface area contributed by atoms with Crippen molar-refractivity contribution in [3.05, 3.63) is 75.7 Å². The minimum Gasteiger partial charge on any atom is -0.462 e. The number of rotatable bonds is 5. The van der Waals surface area contributed by atoms with E-state index in [4.69, 9.17) is 14.6 Å². The number of hydrogen-bond acceptors (Lipinski definition) is 8. The van der Waals surface area contributed by atoms with Crippen LogP contribution in [-0.4, -0.2) is 39.5 Å². The van der Waals surface area contributed by atoms with Crippen LogP contribution in [0.1, 0.15) is 27.9 Å². The zero-order valence-corrected chi connectivity index (χ0v) is 18.9. The van der Waals surface area contributed by atoms with Crippen LogP contribution >= 0.6 is 23.1 Å². The standard InChI is InChI=1S/C23H16N4O4S2/c1-2-30-22(29)14-7-5-13(6-8-14)17-10-9-15(31-17)12-16-19(24)27-23(25-20(16)28)33-21(26-27)18-4-3-11-32-18/h3-12,24H,2H2,1H3/b16-12-,24-19?. The van der Waals surface area contributed by atoms with E-state index in [1.807, 2.05) is 17.5 Å². The minimum atomic E-state index is -0.516. The van der Waals surface area contributed by atoms with Gasteiger partial charge in [-0.1, -0.05) is 18.2 Å². The van der Waals surface area contributed by atoms with Crippen LogP contribution in [0, 0.1) is 5.41 Å². The second kappa shape index (κ2) is 8.64. The molecule has 0 bridgehead atoms. The molecule has 1 amide bonds. The Morgan fingerprint density at radius 2 is 2.03 bits per heavy atom. The van der Waals surface area contributed by atoms with Gasteiger partial charge in [-0.2, -0.15) is 15.1 Å². The highest BCUT2D eigenvalue weighted by molar-refractivity contribution is 8.27. The summed E-state index contributed by atoms with van der Waals surface area (Å²) < 4.78 is 10.9. The van der Waals surface area contributed by atoms with E-state index in [0.29, 0.717) is 33.9 Å². The molecular weight excluding hydrogens is 460 g/mol. The van der Waals surface area contributed by atoms with E-state index >= 15 is 0 Å². The summed E-state index contributed by atoms with van der Waals surface area (Å²) in [6.07, 6.45) is 1.49. The summed E-state index contributed by atoms with van der Waals surface area (Å²) in [5.74, 6) is 0.0125. The van der Waals surface area contributed by atoms with Crippen LogP contribution < -0.4 is 0 Å². The van der Waals surface area contributed by atoms with Crippen LogP contribution in [0.5, 0.6) is 0 Å². The Kier molecular flexibility index (Phi) is 5.53. The number of fused-ring (bicyclic) bond motifs is 1. The monoisotopic (exact) mass is 476 g/mol. The number of amidine groups is 2. The molecule has 1 aromatic carbocycles. The van der Waals surface area contributed by atoms with E-state index in [2.05, 4.69) is 10.1 Å². The Morgan fingerprint density at radius 3 is 2.76 bits per heavy atom. The number of hydrazone groups is 1. The van der Waals surface area contributed by atoms with Gasteiger partial charge in [0.1, 0.15) is 16.6 Å². The number of hydrogen-bond donors (Lipinski definition) is 1. The molecule has 1 N–H and O–H groups in total. The molecule has 4 heterocycles. The van der Waals surface area contributed by atoms with E-state index in [9.17, 15) is 9.59 Å². The normalized spacial score (nSPS) is 16.6. The first-order valence-electron chi connectivity index (χ1n) is 9.95.